The van der Waals surface area contributed by atoms with Crippen molar-refractivity contribution in [3.8, 4) is 0 Å². The van der Waals surface area contributed by atoms with E-state index in [-0.39, 0.29) is 24.7 Å². The molecule has 0 rings (SSSR count). The Morgan fingerprint density at radius 2 is 2.00 bits per heavy atom. The summed E-state index contributed by atoms with van der Waals surface area (Å²) in [6, 6.07) is 0.361. The van der Waals surface area contributed by atoms with E-state index < -0.39 is 0 Å². The quantitative estimate of drug-likeness (QED) is 0.618. The third-order valence-corrected chi connectivity index (χ3v) is 3.07. The number of nitrogens with zero attached hydrogens (tertiary/aromatic N) is 1. The molecule has 3 atom stereocenters. The number of likely N-dealkylation sites (N-methyl/N-ethyl adjacent to an activating group) is 1. The summed E-state index contributed by atoms with van der Waals surface area (Å²) in [5.74, 6) is 0. The highest BCUT2D eigenvalue weighted by molar-refractivity contribution is 4.84. The lowest BCUT2D eigenvalue weighted by Gasteiger charge is -2.37. The van der Waals surface area contributed by atoms with Crippen LogP contribution in [0.2, 0.25) is 0 Å². The van der Waals surface area contributed by atoms with E-state index in [4.69, 9.17) is 10.5 Å². The molecule has 0 aromatic heterocycles. The maximum Gasteiger partial charge on any atom is 0.0615 e. The molecule has 0 aliphatic heterocycles. The Balaban J connectivity index is 4.47. The molecule has 0 aromatic carbocycles. The van der Waals surface area contributed by atoms with Gasteiger partial charge < -0.3 is 15.6 Å². The SMILES string of the molecule is CCCC(N)C(CO)N(CC)C(C)COC. The first kappa shape index (κ1) is 15.8. The van der Waals surface area contributed by atoms with Crippen molar-refractivity contribution in [2.45, 2.75) is 51.7 Å². The van der Waals surface area contributed by atoms with Crippen molar-refractivity contribution >= 4 is 0 Å². The summed E-state index contributed by atoms with van der Waals surface area (Å²) in [6.45, 7) is 7.98. The van der Waals surface area contributed by atoms with E-state index in [1.165, 1.54) is 0 Å². The molecule has 98 valence electrons. The highest BCUT2D eigenvalue weighted by Crippen LogP contribution is 2.11. The van der Waals surface area contributed by atoms with Gasteiger partial charge in [0.15, 0.2) is 0 Å². The summed E-state index contributed by atoms with van der Waals surface area (Å²) in [5, 5.41) is 9.48. The first-order valence-corrected chi connectivity index (χ1v) is 6.23. The molecule has 0 spiro atoms. The lowest BCUT2D eigenvalue weighted by Crippen LogP contribution is -2.54. The monoisotopic (exact) mass is 232 g/mol. The predicted octanol–water partition coefficient (Wildman–Crippen LogP) is 0.832. The molecular formula is C12H28N2O2. The molecule has 0 aliphatic carbocycles. The van der Waals surface area contributed by atoms with E-state index in [0.717, 1.165) is 19.4 Å². The van der Waals surface area contributed by atoms with Crippen molar-refractivity contribution in [2.24, 2.45) is 5.73 Å². The van der Waals surface area contributed by atoms with Crippen molar-refractivity contribution in [1.82, 2.24) is 4.90 Å². The third-order valence-electron chi connectivity index (χ3n) is 3.07. The second-order valence-electron chi connectivity index (χ2n) is 4.34. The summed E-state index contributed by atoms with van der Waals surface area (Å²) in [4.78, 5) is 2.23. The van der Waals surface area contributed by atoms with Gasteiger partial charge in [-0.2, -0.15) is 0 Å². The van der Waals surface area contributed by atoms with Gasteiger partial charge in [0.05, 0.1) is 13.2 Å². The second-order valence-corrected chi connectivity index (χ2v) is 4.34. The van der Waals surface area contributed by atoms with Gasteiger partial charge in [-0.1, -0.05) is 20.3 Å². The van der Waals surface area contributed by atoms with Gasteiger partial charge in [0.2, 0.25) is 0 Å². The molecule has 0 aliphatic rings. The van der Waals surface area contributed by atoms with Crippen LogP contribution in [-0.2, 0) is 4.74 Å². The average molecular weight is 232 g/mol. The standard InChI is InChI=1S/C12H28N2O2/c1-5-7-11(13)12(8-15)14(6-2)10(3)9-16-4/h10-12,15H,5-9,13H2,1-4H3. The third kappa shape index (κ3) is 4.78. The maximum absolute atomic E-state index is 9.48. The summed E-state index contributed by atoms with van der Waals surface area (Å²) in [6.07, 6.45) is 2.00. The van der Waals surface area contributed by atoms with Gasteiger partial charge in [-0.05, 0) is 19.9 Å². The normalized spacial score (nSPS) is 17.4. The highest BCUT2D eigenvalue weighted by Gasteiger charge is 2.26. The number of aliphatic hydroxyl groups is 1. The van der Waals surface area contributed by atoms with Crippen molar-refractivity contribution in [1.29, 1.82) is 0 Å². The van der Waals surface area contributed by atoms with Crippen LogP contribution in [0.4, 0.5) is 0 Å². The fourth-order valence-electron chi connectivity index (χ4n) is 2.22. The topological polar surface area (TPSA) is 58.7 Å². The van der Waals surface area contributed by atoms with Crippen molar-refractivity contribution in [2.75, 3.05) is 26.9 Å². The second kappa shape index (κ2) is 8.93. The van der Waals surface area contributed by atoms with E-state index >= 15 is 0 Å². The van der Waals surface area contributed by atoms with Crippen LogP contribution in [0.15, 0.2) is 0 Å². The number of ether oxygens (including phenoxy) is 1. The van der Waals surface area contributed by atoms with Crippen molar-refractivity contribution in [3.05, 3.63) is 0 Å². The lowest BCUT2D eigenvalue weighted by atomic mass is 10.0. The largest absolute Gasteiger partial charge is 0.395 e. The Hall–Kier alpha value is -0.160. The Bertz CT molecular complexity index is 149. The van der Waals surface area contributed by atoms with Gasteiger partial charge in [0.25, 0.3) is 0 Å². The predicted molar refractivity (Wildman–Crippen MR) is 67.5 cm³/mol. The zero-order valence-corrected chi connectivity index (χ0v) is 11.1. The smallest absolute Gasteiger partial charge is 0.0615 e. The van der Waals surface area contributed by atoms with Gasteiger partial charge in [0, 0.05) is 25.2 Å². The van der Waals surface area contributed by atoms with Gasteiger partial charge in [-0.15, -0.1) is 0 Å². The van der Waals surface area contributed by atoms with Crippen molar-refractivity contribution < 1.29 is 9.84 Å². The van der Waals surface area contributed by atoms with Gasteiger partial charge in [-0.3, -0.25) is 4.90 Å². The molecule has 0 bridgehead atoms. The molecule has 16 heavy (non-hydrogen) atoms. The highest BCUT2D eigenvalue weighted by atomic mass is 16.5. The minimum absolute atomic E-state index is 0.0363. The summed E-state index contributed by atoms with van der Waals surface area (Å²) in [5.41, 5.74) is 6.11. The van der Waals surface area contributed by atoms with E-state index in [1.807, 2.05) is 0 Å². The van der Waals surface area contributed by atoms with Crippen molar-refractivity contribution in [3.63, 3.8) is 0 Å². The summed E-state index contributed by atoms with van der Waals surface area (Å²) >= 11 is 0. The van der Waals surface area contributed by atoms with Crippen LogP contribution in [0, 0.1) is 0 Å². The van der Waals surface area contributed by atoms with Crippen LogP contribution in [0.3, 0.4) is 0 Å². The van der Waals surface area contributed by atoms with Crippen LogP contribution in [0.1, 0.15) is 33.6 Å². The molecule has 4 heteroatoms. The lowest BCUT2D eigenvalue weighted by molar-refractivity contribution is 0.0369. The number of nitrogens with two attached hydrogens (primary N) is 1. The fourth-order valence-corrected chi connectivity index (χ4v) is 2.22. The first-order chi connectivity index (χ1) is 7.62. The molecule has 0 fully saturated rings. The van der Waals surface area contributed by atoms with Crippen LogP contribution in [-0.4, -0.2) is 55.0 Å². The molecule has 0 aromatic rings. The minimum Gasteiger partial charge on any atom is -0.395 e. The molecule has 4 nitrogen and oxygen atoms in total. The van der Waals surface area contributed by atoms with Crippen LogP contribution in [0.5, 0.6) is 0 Å². The summed E-state index contributed by atoms with van der Waals surface area (Å²) in [7, 11) is 1.70. The maximum atomic E-state index is 9.48. The van der Waals surface area contributed by atoms with Crippen LogP contribution >= 0.6 is 0 Å². The van der Waals surface area contributed by atoms with Crippen LogP contribution in [0.25, 0.3) is 0 Å². The molecule has 0 saturated heterocycles. The van der Waals surface area contributed by atoms with E-state index in [1.54, 1.807) is 7.11 Å². The Kier molecular flexibility index (Phi) is 8.84. The summed E-state index contributed by atoms with van der Waals surface area (Å²) < 4.78 is 5.16. The van der Waals surface area contributed by atoms with Gasteiger partial charge in [0.1, 0.15) is 0 Å². The number of hydrogen-bond donors (Lipinski definition) is 2. The minimum atomic E-state index is 0.0363. The van der Waals surface area contributed by atoms with E-state index in [9.17, 15) is 5.11 Å². The van der Waals surface area contributed by atoms with Gasteiger partial charge in [-0.25, -0.2) is 0 Å². The molecular weight excluding hydrogens is 204 g/mol. The fraction of sp³-hybridized carbons (Fsp3) is 1.00. The molecule has 3 N–H and O–H groups in total. The first-order valence-electron chi connectivity index (χ1n) is 6.23. The Morgan fingerprint density at radius 3 is 2.38 bits per heavy atom. The van der Waals surface area contributed by atoms with Crippen LogP contribution < -0.4 is 5.73 Å². The molecule has 3 unspecified atom stereocenters. The molecule has 0 amide bonds. The van der Waals surface area contributed by atoms with Gasteiger partial charge >= 0.3 is 0 Å². The molecule has 0 saturated carbocycles. The number of hydrogen-bond acceptors (Lipinski definition) is 4. The van der Waals surface area contributed by atoms with E-state index in [2.05, 4.69) is 25.7 Å². The average Bonchev–Trinajstić information content (AvgIpc) is 2.25. The zero-order chi connectivity index (χ0) is 12.6. The van der Waals surface area contributed by atoms with E-state index in [0.29, 0.717) is 6.61 Å². The Morgan fingerprint density at radius 1 is 1.38 bits per heavy atom. The molecule has 0 heterocycles. The molecule has 0 radical (unpaired) electrons. The zero-order valence-electron chi connectivity index (χ0n) is 11.1. The number of methoxy groups -OCH3 is 1. The number of rotatable bonds is 9. The number of aliphatic hydroxyl groups excluding tert-OH is 1. The Labute approximate surface area is 99.8 Å².